The van der Waals surface area contributed by atoms with E-state index in [1.165, 1.54) is 15.5 Å². The number of aromatic amines is 2. The van der Waals surface area contributed by atoms with E-state index in [4.69, 9.17) is 28.6 Å². The molecule has 10 atom stereocenters. The van der Waals surface area contributed by atoms with Crippen molar-refractivity contribution in [1.29, 1.82) is 0 Å². The number of H-pyrrole nitrogens is 2. The summed E-state index contributed by atoms with van der Waals surface area (Å²) in [7, 11) is -3.42. The quantitative estimate of drug-likeness (QED) is 0.140. The van der Waals surface area contributed by atoms with Crippen molar-refractivity contribution in [3.63, 3.8) is 0 Å². The number of hydrogen-bond acceptors (Lipinski definition) is 16. The molecule has 4 aromatic heterocycles. The van der Waals surface area contributed by atoms with Gasteiger partial charge in [0.05, 0.1) is 43.5 Å². The Morgan fingerprint density at radius 2 is 1.89 bits per heavy atom. The van der Waals surface area contributed by atoms with Gasteiger partial charge in [-0.2, -0.15) is 4.98 Å². The van der Waals surface area contributed by atoms with Gasteiger partial charge in [-0.25, -0.2) is 23.9 Å². The zero-order valence-electron chi connectivity index (χ0n) is 21.8. The number of ether oxygens (including phenoxy) is 1. The molecule has 0 radical (unpaired) electrons. The number of nitrogens with two attached hydrogens (primary N) is 1. The van der Waals surface area contributed by atoms with Crippen molar-refractivity contribution in [2.45, 2.75) is 47.4 Å². The minimum Gasteiger partial charge on any atom is -0.389 e. The minimum absolute atomic E-state index is 0.0158. The molecule has 236 valence electrons. The average Bonchev–Trinajstić information content (AvgIpc) is 3.72. The number of thioether (sulfide) groups is 1. The van der Waals surface area contributed by atoms with Crippen molar-refractivity contribution in [2.75, 3.05) is 18.9 Å². The van der Waals surface area contributed by atoms with E-state index >= 15 is 4.39 Å². The molecule has 3 saturated heterocycles. The molecule has 3 aliphatic heterocycles. The van der Waals surface area contributed by atoms with Crippen LogP contribution in [0.3, 0.4) is 0 Å². The third kappa shape index (κ3) is 5.21. The summed E-state index contributed by atoms with van der Waals surface area (Å²) in [6.45, 7) is -5.32. The summed E-state index contributed by atoms with van der Waals surface area (Å²) in [5.41, 5.74) is 4.52. The lowest BCUT2D eigenvalue weighted by molar-refractivity contribution is -0.0426. The highest BCUT2D eigenvalue weighted by molar-refractivity contribution is 8.44. The lowest BCUT2D eigenvalue weighted by atomic mass is 10.1. The molecule has 44 heavy (non-hydrogen) atoms. The number of nitrogens with zero attached hydrogens (tertiary/aromatic N) is 6. The number of aliphatic hydroxyl groups is 1. The highest BCUT2D eigenvalue weighted by Crippen LogP contribution is 2.59. The zero-order chi connectivity index (χ0) is 30.9. The monoisotopic (exact) mass is 693 g/mol. The van der Waals surface area contributed by atoms with E-state index in [0.29, 0.717) is 0 Å². The van der Waals surface area contributed by atoms with Crippen molar-refractivity contribution >= 4 is 67.3 Å². The predicted molar refractivity (Wildman–Crippen MR) is 153 cm³/mol. The summed E-state index contributed by atoms with van der Waals surface area (Å²) in [6, 6.07) is 0. The van der Waals surface area contributed by atoms with Gasteiger partial charge in [0.2, 0.25) is 5.95 Å². The van der Waals surface area contributed by atoms with Gasteiger partial charge < -0.3 is 29.6 Å². The largest absolute Gasteiger partial charge is 0.389 e. The van der Waals surface area contributed by atoms with Gasteiger partial charge in [0.15, 0.2) is 34.7 Å². The molecule has 0 spiro atoms. The predicted octanol–water partition coefficient (Wildman–Crippen LogP) is 0.290. The Hall–Kier alpha value is -2.65. The fourth-order valence-corrected chi connectivity index (χ4v) is 9.25. The maximum absolute atomic E-state index is 15.8. The number of halogens is 1. The SMILES string of the molecule is Nc1nc2c(ncn2[C@@H]2S[C@@H]3CO[PH](=O)O[C@H]4C(F)[C@H](n5cnc6c(=O)[nH]cnc65)O[C@@H]4CO[P@@](=O)(S)O[C@@H]2[C@@H]3O)c(=O)[nH]1. The number of imidazole rings is 2. The van der Waals surface area contributed by atoms with Crippen LogP contribution in [0.15, 0.2) is 28.6 Å². The molecule has 2 bridgehead atoms. The summed E-state index contributed by atoms with van der Waals surface area (Å²) in [4.78, 5) is 45.3. The van der Waals surface area contributed by atoms with Gasteiger partial charge in [-0.3, -0.25) is 37.3 Å². The molecule has 3 aliphatic rings. The number of aliphatic hydroxyl groups excluding tert-OH is 1. The molecule has 2 unspecified atom stereocenters. The molecule has 7 heterocycles. The number of rotatable bonds is 2. The van der Waals surface area contributed by atoms with Crippen molar-refractivity contribution in [1.82, 2.24) is 39.0 Å². The van der Waals surface area contributed by atoms with E-state index in [1.54, 1.807) is 0 Å². The molecular formula is C20H22FN9O10P2S2. The number of thiol groups is 1. The van der Waals surface area contributed by atoms with Crippen LogP contribution in [0.25, 0.3) is 22.3 Å². The molecule has 0 saturated carbocycles. The summed E-state index contributed by atoms with van der Waals surface area (Å²) in [5.74, 6) is -0.187. The normalized spacial score (nSPS) is 36.6. The van der Waals surface area contributed by atoms with Gasteiger partial charge in [0.1, 0.15) is 23.7 Å². The Labute approximate surface area is 253 Å². The van der Waals surface area contributed by atoms with Crippen LogP contribution in [0.1, 0.15) is 11.6 Å². The average molecular weight is 694 g/mol. The number of anilines is 1. The van der Waals surface area contributed by atoms with E-state index in [-0.39, 0.29) is 34.9 Å². The van der Waals surface area contributed by atoms with Crippen molar-refractivity contribution < 1.29 is 41.5 Å². The van der Waals surface area contributed by atoms with Crippen LogP contribution in [0.5, 0.6) is 0 Å². The highest BCUT2D eigenvalue weighted by Gasteiger charge is 2.52. The lowest BCUT2D eigenvalue weighted by Crippen LogP contribution is -2.35. The van der Waals surface area contributed by atoms with Crippen LogP contribution in [0.4, 0.5) is 10.3 Å². The van der Waals surface area contributed by atoms with Crippen LogP contribution in [0, 0.1) is 0 Å². The van der Waals surface area contributed by atoms with Crippen LogP contribution >= 0.6 is 39.1 Å². The molecule has 19 nitrogen and oxygen atoms in total. The fraction of sp³-hybridized carbons (Fsp3) is 0.500. The summed E-state index contributed by atoms with van der Waals surface area (Å²) < 4.78 is 72.7. The second-order valence-corrected chi connectivity index (χ2v) is 15.1. The molecule has 24 heteroatoms. The van der Waals surface area contributed by atoms with Crippen LogP contribution in [-0.2, 0) is 32.0 Å². The van der Waals surface area contributed by atoms with Gasteiger partial charge in [0.25, 0.3) is 11.1 Å². The molecule has 7 rings (SSSR count). The Morgan fingerprint density at radius 1 is 1.14 bits per heavy atom. The number of alkyl halides is 1. The van der Waals surface area contributed by atoms with Crippen molar-refractivity contribution in [2.24, 2.45) is 0 Å². The first-order chi connectivity index (χ1) is 21.0. The maximum atomic E-state index is 15.8. The third-order valence-corrected chi connectivity index (χ3v) is 11.2. The fourth-order valence-electron chi connectivity index (χ4n) is 5.21. The van der Waals surface area contributed by atoms with Crippen molar-refractivity contribution in [3.8, 4) is 0 Å². The van der Waals surface area contributed by atoms with Gasteiger partial charge in [-0.1, -0.05) is 12.2 Å². The number of fused-ring (bicyclic) bond motifs is 5. The first-order valence-electron chi connectivity index (χ1n) is 12.8. The number of nitrogen functional groups attached to an aromatic ring is 1. The number of aromatic nitrogens is 8. The van der Waals surface area contributed by atoms with E-state index in [0.717, 1.165) is 24.4 Å². The smallest absolute Gasteiger partial charge is 0.386 e. The third-order valence-electron chi connectivity index (χ3n) is 7.20. The summed E-state index contributed by atoms with van der Waals surface area (Å²) in [6.07, 6.45) is -5.46. The molecule has 4 aromatic rings. The van der Waals surface area contributed by atoms with Gasteiger partial charge >= 0.3 is 15.1 Å². The summed E-state index contributed by atoms with van der Waals surface area (Å²) >= 11 is 5.13. The summed E-state index contributed by atoms with van der Waals surface area (Å²) in [5, 5.41) is 9.39. The molecule has 0 amide bonds. The first kappa shape index (κ1) is 30.0. The van der Waals surface area contributed by atoms with Gasteiger partial charge in [0, 0.05) is 0 Å². The van der Waals surface area contributed by atoms with E-state index in [2.05, 4.69) is 42.2 Å². The molecule has 3 fully saturated rings. The molecule has 0 aromatic carbocycles. The second-order valence-electron chi connectivity index (χ2n) is 9.87. The minimum atomic E-state index is -4.34. The molecular weight excluding hydrogens is 671 g/mol. The Kier molecular flexibility index (Phi) is 7.71. The van der Waals surface area contributed by atoms with Crippen LogP contribution in [-0.4, -0.2) is 93.2 Å². The standard InChI is InChI=1S/C20H22FN9O10P2S2/c21-8-12-6(38-18(8)29-4-25-9-14(29)23-3-24-16(9)32)1-37-42(35,43)40-13-11(31)7(2-36-41(34)39-12)44-19(13)30-5-26-10-15(30)27-20(22)28-17(10)33/h3-8,11-13,18-19,31,41H,1-2H2,(H,35,43)(H,23,24,32)(H3,22,27,28,33)/t6-,7-,8?,11-,12-,13-,18-,19-,42-/m1/s1. The maximum Gasteiger partial charge on any atom is 0.386 e. The second kappa shape index (κ2) is 11.3. The topological polar surface area (TPSA) is 254 Å². The number of nitrogens with one attached hydrogen (secondary N) is 2. The Balaban J connectivity index is 1.19. The van der Waals surface area contributed by atoms with E-state index in [9.17, 15) is 23.8 Å². The highest BCUT2D eigenvalue weighted by atomic mass is 32.7. The van der Waals surface area contributed by atoms with Gasteiger partial charge in [-0.05, 0) is 0 Å². The lowest BCUT2D eigenvalue weighted by Gasteiger charge is -2.26. The first-order valence-corrected chi connectivity index (χ1v) is 17.6. The molecule has 5 N–H and O–H groups in total. The van der Waals surface area contributed by atoms with Crippen LogP contribution < -0.4 is 16.9 Å². The van der Waals surface area contributed by atoms with E-state index < -0.39 is 80.2 Å². The number of hydrogen-bond donors (Lipinski definition) is 5. The van der Waals surface area contributed by atoms with Crippen molar-refractivity contribution in [3.05, 3.63) is 39.7 Å². The Morgan fingerprint density at radius 3 is 2.68 bits per heavy atom. The van der Waals surface area contributed by atoms with Gasteiger partial charge in [-0.15, -0.1) is 11.8 Å². The van der Waals surface area contributed by atoms with Crippen LogP contribution in [0.2, 0.25) is 0 Å². The van der Waals surface area contributed by atoms with E-state index in [1.807, 2.05) is 0 Å². The Bertz CT molecular complexity index is 1940. The molecule has 0 aliphatic carbocycles. The zero-order valence-corrected chi connectivity index (χ0v) is 25.4.